The fourth-order valence-corrected chi connectivity index (χ4v) is 4.08. The fraction of sp³-hybridized carbons (Fsp3) is 0.150. The van der Waals surface area contributed by atoms with Crippen LogP contribution in [0, 0.1) is 0 Å². The van der Waals surface area contributed by atoms with Gasteiger partial charge in [-0.2, -0.15) is 0 Å². The molecule has 6 nitrogen and oxygen atoms in total. The number of imidazole rings is 1. The summed E-state index contributed by atoms with van der Waals surface area (Å²) < 4.78 is 2.17. The number of nitrogens with two attached hydrogens (primary N) is 1. The summed E-state index contributed by atoms with van der Waals surface area (Å²) in [4.78, 5) is 15.1. The minimum absolute atomic E-state index is 0.502. The lowest BCUT2D eigenvalue weighted by Gasteiger charge is -2.09. The maximum absolute atomic E-state index is 6.04. The lowest BCUT2D eigenvalue weighted by molar-refractivity contribution is 0.629. The van der Waals surface area contributed by atoms with Crippen LogP contribution in [0.3, 0.4) is 0 Å². The van der Waals surface area contributed by atoms with Crippen molar-refractivity contribution in [2.45, 2.75) is 6.54 Å². The summed E-state index contributed by atoms with van der Waals surface area (Å²) in [6.45, 7) is 6.16. The normalized spacial score (nSPS) is 11.1. The quantitative estimate of drug-likeness (QED) is 0.381. The standard InChI is InChI=1S/C20H20N6S/c1-2-8-22-9-10-26-13-25-17(14-6-4-3-5-7-14)18(26)16-11-15-19(21)23-12-24-20(15)27-16/h2-7,11-13,22H,1,8-10H2,(H2,21,23,24). The van der Waals surface area contributed by atoms with Gasteiger partial charge in [-0.25, -0.2) is 15.0 Å². The molecule has 0 saturated heterocycles. The van der Waals surface area contributed by atoms with E-state index in [0.717, 1.165) is 51.7 Å². The fourth-order valence-electron chi connectivity index (χ4n) is 3.01. The van der Waals surface area contributed by atoms with Gasteiger partial charge in [0, 0.05) is 25.2 Å². The van der Waals surface area contributed by atoms with E-state index < -0.39 is 0 Å². The zero-order chi connectivity index (χ0) is 18.6. The SMILES string of the molecule is C=CCNCCn1cnc(-c2ccccc2)c1-c1cc2c(N)ncnc2s1. The van der Waals surface area contributed by atoms with Crippen molar-refractivity contribution in [3.05, 3.63) is 61.7 Å². The molecule has 0 aliphatic carbocycles. The molecular formula is C20H20N6S. The third-order valence-corrected chi connectivity index (χ3v) is 5.35. The highest BCUT2D eigenvalue weighted by atomic mass is 32.1. The molecule has 27 heavy (non-hydrogen) atoms. The van der Waals surface area contributed by atoms with Gasteiger partial charge in [0.05, 0.1) is 28.0 Å². The number of fused-ring (bicyclic) bond motifs is 1. The number of hydrogen-bond donors (Lipinski definition) is 2. The Hall–Kier alpha value is -3.03. The lowest BCUT2D eigenvalue weighted by atomic mass is 10.1. The molecular weight excluding hydrogens is 356 g/mol. The first-order valence-electron chi connectivity index (χ1n) is 8.70. The van der Waals surface area contributed by atoms with E-state index >= 15 is 0 Å². The van der Waals surface area contributed by atoms with E-state index in [-0.39, 0.29) is 0 Å². The average molecular weight is 376 g/mol. The third kappa shape index (κ3) is 3.47. The van der Waals surface area contributed by atoms with Gasteiger partial charge in [-0.15, -0.1) is 17.9 Å². The minimum Gasteiger partial charge on any atom is -0.383 e. The molecule has 7 heteroatoms. The molecule has 136 valence electrons. The van der Waals surface area contributed by atoms with Crippen molar-refractivity contribution in [2.24, 2.45) is 0 Å². The minimum atomic E-state index is 0.502. The molecule has 0 spiro atoms. The molecule has 0 aliphatic rings. The van der Waals surface area contributed by atoms with E-state index in [4.69, 9.17) is 10.7 Å². The first kappa shape index (κ1) is 17.4. The highest BCUT2D eigenvalue weighted by Gasteiger charge is 2.18. The molecule has 3 aromatic heterocycles. The Kier molecular flexibility index (Phi) is 4.95. The molecule has 1 aromatic carbocycles. The molecule has 4 rings (SSSR count). The summed E-state index contributed by atoms with van der Waals surface area (Å²) in [5.41, 5.74) is 9.15. The number of nitrogens with one attached hydrogen (secondary N) is 1. The van der Waals surface area contributed by atoms with Gasteiger partial charge in [0.1, 0.15) is 17.0 Å². The van der Waals surface area contributed by atoms with Gasteiger partial charge >= 0.3 is 0 Å². The number of rotatable bonds is 7. The number of benzene rings is 1. The molecule has 0 unspecified atom stereocenters. The van der Waals surface area contributed by atoms with Gasteiger partial charge in [0.25, 0.3) is 0 Å². The highest BCUT2D eigenvalue weighted by Crippen LogP contribution is 2.38. The summed E-state index contributed by atoms with van der Waals surface area (Å²) >= 11 is 1.61. The first-order valence-corrected chi connectivity index (χ1v) is 9.52. The lowest BCUT2D eigenvalue weighted by Crippen LogP contribution is -2.19. The summed E-state index contributed by atoms with van der Waals surface area (Å²) in [5, 5.41) is 4.22. The van der Waals surface area contributed by atoms with Gasteiger partial charge in [0.15, 0.2) is 0 Å². The summed E-state index contributed by atoms with van der Waals surface area (Å²) in [7, 11) is 0. The number of nitrogens with zero attached hydrogens (tertiary/aromatic N) is 4. The highest BCUT2D eigenvalue weighted by molar-refractivity contribution is 7.21. The van der Waals surface area contributed by atoms with E-state index in [2.05, 4.69) is 44.6 Å². The summed E-state index contributed by atoms with van der Waals surface area (Å²) in [6.07, 6.45) is 5.26. The molecule has 3 heterocycles. The molecule has 0 amide bonds. The smallest absolute Gasteiger partial charge is 0.135 e. The zero-order valence-corrected chi connectivity index (χ0v) is 15.6. The predicted octanol–water partition coefficient (Wildman–Crippen LogP) is 3.58. The number of anilines is 1. The molecule has 4 aromatic rings. The van der Waals surface area contributed by atoms with Gasteiger partial charge in [-0.1, -0.05) is 36.4 Å². The van der Waals surface area contributed by atoms with Crippen molar-refractivity contribution in [1.82, 2.24) is 24.8 Å². The van der Waals surface area contributed by atoms with E-state index in [1.54, 1.807) is 11.3 Å². The zero-order valence-electron chi connectivity index (χ0n) is 14.8. The molecule has 0 bridgehead atoms. The molecule has 0 atom stereocenters. The summed E-state index contributed by atoms with van der Waals surface area (Å²) in [6, 6.07) is 12.3. The van der Waals surface area contributed by atoms with Crippen LogP contribution >= 0.6 is 11.3 Å². The first-order chi connectivity index (χ1) is 13.3. The van der Waals surface area contributed by atoms with Crippen LogP contribution in [0.2, 0.25) is 0 Å². The van der Waals surface area contributed by atoms with Crippen molar-refractivity contribution < 1.29 is 0 Å². The van der Waals surface area contributed by atoms with E-state index in [0.29, 0.717) is 5.82 Å². The Balaban J connectivity index is 1.80. The summed E-state index contributed by atoms with van der Waals surface area (Å²) in [5.74, 6) is 0.502. The number of thiophene rings is 1. The Morgan fingerprint density at radius 1 is 1.19 bits per heavy atom. The molecule has 3 N–H and O–H groups in total. The van der Waals surface area contributed by atoms with Crippen molar-refractivity contribution >= 4 is 27.4 Å². The largest absolute Gasteiger partial charge is 0.383 e. The van der Waals surface area contributed by atoms with E-state index in [1.165, 1.54) is 6.33 Å². The van der Waals surface area contributed by atoms with Crippen LogP contribution in [0.5, 0.6) is 0 Å². The van der Waals surface area contributed by atoms with E-state index in [9.17, 15) is 0 Å². The number of hydrogen-bond acceptors (Lipinski definition) is 6. The number of nitrogen functional groups attached to an aromatic ring is 1. The van der Waals surface area contributed by atoms with Crippen molar-refractivity contribution in [1.29, 1.82) is 0 Å². The van der Waals surface area contributed by atoms with Crippen LogP contribution in [-0.2, 0) is 6.54 Å². The Labute approximate surface area is 161 Å². The topological polar surface area (TPSA) is 81.7 Å². The molecule has 0 fully saturated rings. The maximum atomic E-state index is 6.04. The van der Waals surface area contributed by atoms with Gasteiger partial charge < -0.3 is 15.6 Å². The molecule has 0 saturated carbocycles. The Bertz CT molecular complexity index is 1070. The molecule has 0 radical (unpaired) electrons. The monoisotopic (exact) mass is 376 g/mol. The third-order valence-electron chi connectivity index (χ3n) is 4.30. The Morgan fingerprint density at radius 3 is 2.81 bits per heavy atom. The van der Waals surface area contributed by atoms with Gasteiger partial charge in [-0.05, 0) is 6.07 Å². The maximum Gasteiger partial charge on any atom is 0.135 e. The van der Waals surface area contributed by atoms with Gasteiger partial charge in [0.2, 0.25) is 0 Å². The second-order valence-electron chi connectivity index (χ2n) is 6.08. The van der Waals surface area contributed by atoms with Gasteiger partial charge in [-0.3, -0.25) is 0 Å². The van der Waals surface area contributed by atoms with Crippen LogP contribution in [-0.4, -0.2) is 32.6 Å². The van der Waals surface area contributed by atoms with Crippen LogP contribution in [0.15, 0.2) is 61.7 Å². The van der Waals surface area contributed by atoms with Crippen LogP contribution in [0.25, 0.3) is 32.0 Å². The van der Waals surface area contributed by atoms with Crippen LogP contribution in [0.1, 0.15) is 0 Å². The van der Waals surface area contributed by atoms with Crippen molar-refractivity contribution in [3.8, 4) is 21.8 Å². The van der Waals surface area contributed by atoms with Crippen LogP contribution in [0.4, 0.5) is 5.82 Å². The van der Waals surface area contributed by atoms with Crippen molar-refractivity contribution in [2.75, 3.05) is 18.8 Å². The Morgan fingerprint density at radius 2 is 2.04 bits per heavy atom. The van der Waals surface area contributed by atoms with E-state index in [1.807, 2.05) is 30.6 Å². The predicted molar refractivity (Wildman–Crippen MR) is 112 cm³/mol. The number of aromatic nitrogens is 4. The second-order valence-corrected chi connectivity index (χ2v) is 7.11. The average Bonchev–Trinajstić information content (AvgIpc) is 3.30. The van der Waals surface area contributed by atoms with Crippen LogP contribution < -0.4 is 11.1 Å². The second kappa shape index (κ2) is 7.69. The van der Waals surface area contributed by atoms with Crippen molar-refractivity contribution in [3.63, 3.8) is 0 Å². The molecule has 0 aliphatic heterocycles.